The van der Waals surface area contributed by atoms with Crippen LogP contribution in [0.1, 0.15) is 23.2 Å². The second-order valence-electron chi connectivity index (χ2n) is 7.40. The van der Waals surface area contributed by atoms with Crippen molar-refractivity contribution in [2.75, 3.05) is 5.06 Å². The van der Waals surface area contributed by atoms with E-state index in [1.165, 1.54) is 0 Å². The highest BCUT2D eigenvalue weighted by Gasteiger charge is 2.62. The van der Waals surface area contributed by atoms with Crippen LogP contribution in [0.4, 0.5) is 5.69 Å². The number of rotatable bonds is 3. The maximum Gasteiger partial charge on any atom is 0.188 e. The van der Waals surface area contributed by atoms with Crippen molar-refractivity contribution in [1.29, 1.82) is 0 Å². The molecule has 2 aromatic carbocycles. The first-order valence-corrected chi connectivity index (χ1v) is 9.42. The number of halogens is 1. The zero-order chi connectivity index (χ0) is 17.0. The van der Waals surface area contributed by atoms with Crippen molar-refractivity contribution < 1.29 is 9.63 Å². The van der Waals surface area contributed by atoms with Crippen molar-refractivity contribution >= 4 is 23.1 Å². The SMILES string of the molecule is O=C(c1ccccc1)[C@@H]1[C@@H]2[C@H]3C[C@H]([C@@H]2ON1c1ccccc1)[C@@H](Cl)C3. The van der Waals surface area contributed by atoms with Crippen LogP contribution in [0, 0.1) is 17.8 Å². The van der Waals surface area contributed by atoms with E-state index in [9.17, 15) is 4.79 Å². The van der Waals surface area contributed by atoms with Gasteiger partial charge < -0.3 is 0 Å². The van der Waals surface area contributed by atoms with E-state index in [0.717, 1.165) is 24.1 Å². The molecule has 5 rings (SSSR count). The number of hydrogen-bond donors (Lipinski definition) is 0. The number of nitrogens with zero attached hydrogens (tertiary/aromatic N) is 1. The van der Waals surface area contributed by atoms with Crippen molar-refractivity contribution in [3.05, 3.63) is 66.2 Å². The molecule has 2 aromatic rings. The molecule has 0 spiro atoms. The molecule has 0 aromatic heterocycles. The Balaban J connectivity index is 1.56. The van der Waals surface area contributed by atoms with E-state index in [4.69, 9.17) is 16.4 Å². The fourth-order valence-electron chi connectivity index (χ4n) is 5.06. The van der Waals surface area contributed by atoms with Gasteiger partial charge >= 0.3 is 0 Å². The topological polar surface area (TPSA) is 29.5 Å². The molecule has 128 valence electrons. The first-order chi connectivity index (χ1) is 12.2. The summed E-state index contributed by atoms with van der Waals surface area (Å²) >= 11 is 6.53. The largest absolute Gasteiger partial charge is 0.292 e. The number of carbonyl (C=O) groups is 1. The van der Waals surface area contributed by atoms with E-state index in [-0.39, 0.29) is 29.2 Å². The van der Waals surface area contributed by atoms with Crippen molar-refractivity contribution in [2.24, 2.45) is 17.8 Å². The molecular formula is C21H20ClNO2. The van der Waals surface area contributed by atoms with Gasteiger partial charge in [-0.05, 0) is 30.9 Å². The highest BCUT2D eigenvalue weighted by Crippen LogP contribution is 2.57. The first kappa shape index (κ1) is 15.4. The van der Waals surface area contributed by atoms with E-state index in [0.29, 0.717) is 11.8 Å². The van der Waals surface area contributed by atoms with Crippen LogP contribution in [0.5, 0.6) is 0 Å². The van der Waals surface area contributed by atoms with E-state index in [1.807, 2.05) is 65.7 Å². The standard InChI is InChI=1S/C21H20ClNO2/c22-17-12-14-11-16(17)21-18(14)19(20(24)13-7-3-1-4-8-13)23(25-21)15-9-5-2-6-10-15/h1-10,14,16-19,21H,11-12H2/t14-,16-,17-,18-,19-,21-/m0/s1. The summed E-state index contributed by atoms with van der Waals surface area (Å²) in [6.07, 6.45) is 2.14. The summed E-state index contributed by atoms with van der Waals surface area (Å²) in [5.41, 5.74) is 1.69. The van der Waals surface area contributed by atoms with Crippen molar-refractivity contribution in [3.8, 4) is 0 Å². The minimum absolute atomic E-state index is 0.0547. The van der Waals surface area contributed by atoms with Gasteiger partial charge in [-0.15, -0.1) is 11.6 Å². The van der Waals surface area contributed by atoms with Crippen LogP contribution in [0.2, 0.25) is 0 Å². The number of alkyl halides is 1. The van der Waals surface area contributed by atoms with E-state index < -0.39 is 0 Å². The van der Waals surface area contributed by atoms with Gasteiger partial charge in [0.2, 0.25) is 0 Å². The molecule has 2 bridgehead atoms. The van der Waals surface area contributed by atoms with Gasteiger partial charge in [-0.1, -0.05) is 48.5 Å². The predicted molar refractivity (Wildman–Crippen MR) is 97.7 cm³/mol. The molecule has 1 heterocycles. The number of Topliss-reactive ketones (excluding diaryl/α,β-unsaturated/α-hetero) is 1. The summed E-state index contributed by atoms with van der Waals surface area (Å²) in [5, 5.41) is 2.04. The highest BCUT2D eigenvalue weighted by molar-refractivity contribution is 6.21. The Hall–Kier alpha value is -1.84. The molecule has 2 saturated carbocycles. The van der Waals surface area contributed by atoms with Gasteiger partial charge in [-0.3, -0.25) is 9.63 Å². The lowest BCUT2D eigenvalue weighted by atomic mass is 9.79. The molecule has 0 N–H and O–H groups in total. The Kier molecular flexibility index (Phi) is 3.61. The molecule has 25 heavy (non-hydrogen) atoms. The molecule has 1 aliphatic heterocycles. The number of hydroxylamine groups is 1. The van der Waals surface area contributed by atoms with Crippen molar-refractivity contribution in [3.63, 3.8) is 0 Å². The zero-order valence-electron chi connectivity index (χ0n) is 13.8. The van der Waals surface area contributed by atoms with Gasteiger partial charge in [0, 0.05) is 22.8 Å². The van der Waals surface area contributed by atoms with Gasteiger partial charge in [-0.2, -0.15) is 0 Å². The summed E-state index contributed by atoms with van der Waals surface area (Å²) in [6.45, 7) is 0. The second-order valence-corrected chi connectivity index (χ2v) is 7.96. The predicted octanol–water partition coefficient (Wildman–Crippen LogP) is 4.32. The van der Waals surface area contributed by atoms with Gasteiger partial charge in [0.1, 0.15) is 6.04 Å². The van der Waals surface area contributed by atoms with Crippen LogP contribution in [-0.2, 0) is 4.84 Å². The summed E-state index contributed by atoms with van der Waals surface area (Å²) in [7, 11) is 0. The Morgan fingerprint density at radius 3 is 2.40 bits per heavy atom. The molecule has 0 amide bonds. The minimum Gasteiger partial charge on any atom is -0.292 e. The Labute approximate surface area is 152 Å². The molecule has 2 aliphatic carbocycles. The molecule has 1 saturated heterocycles. The monoisotopic (exact) mass is 353 g/mol. The van der Waals surface area contributed by atoms with Crippen molar-refractivity contribution in [2.45, 2.75) is 30.4 Å². The van der Waals surface area contributed by atoms with Crippen molar-refractivity contribution in [1.82, 2.24) is 0 Å². The van der Waals surface area contributed by atoms with Crippen LogP contribution >= 0.6 is 11.6 Å². The summed E-state index contributed by atoms with van der Waals surface area (Å²) in [4.78, 5) is 19.7. The van der Waals surface area contributed by atoms with Crippen LogP contribution < -0.4 is 5.06 Å². The van der Waals surface area contributed by atoms with Crippen LogP contribution in [0.15, 0.2) is 60.7 Å². The molecule has 3 aliphatic rings. The van der Waals surface area contributed by atoms with E-state index in [1.54, 1.807) is 0 Å². The van der Waals surface area contributed by atoms with Gasteiger partial charge in [0.05, 0.1) is 11.8 Å². The maximum atomic E-state index is 13.4. The normalized spacial score (nSPS) is 35.8. The molecule has 4 heteroatoms. The van der Waals surface area contributed by atoms with Crippen LogP contribution in [-0.4, -0.2) is 23.3 Å². The van der Waals surface area contributed by atoms with Gasteiger partial charge in [0.25, 0.3) is 0 Å². The number of ketones is 1. The molecule has 6 atom stereocenters. The quantitative estimate of drug-likeness (QED) is 0.608. The van der Waals surface area contributed by atoms with E-state index in [2.05, 4.69) is 0 Å². The number of hydrogen-bond acceptors (Lipinski definition) is 3. The average Bonchev–Trinajstić information content (AvgIpc) is 3.32. The number of carbonyl (C=O) groups excluding carboxylic acids is 1. The zero-order valence-corrected chi connectivity index (χ0v) is 14.5. The smallest absolute Gasteiger partial charge is 0.188 e. The summed E-state index contributed by atoms with van der Waals surface area (Å²) in [6, 6.07) is 19.3. The number of fused-ring (bicyclic) bond motifs is 5. The third-order valence-corrected chi connectivity index (χ3v) is 6.61. The Morgan fingerprint density at radius 1 is 1.00 bits per heavy atom. The second kappa shape index (κ2) is 5.86. The van der Waals surface area contributed by atoms with E-state index >= 15 is 0 Å². The number of benzene rings is 2. The Bertz CT molecular complexity index is 781. The summed E-state index contributed by atoms with van der Waals surface area (Å²) in [5.74, 6) is 1.21. The molecule has 3 nitrogen and oxygen atoms in total. The molecule has 3 fully saturated rings. The molecule has 0 unspecified atom stereocenters. The van der Waals surface area contributed by atoms with Crippen LogP contribution in [0.25, 0.3) is 0 Å². The number of para-hydroxylation sites is 1. The summed E-state index contributed by atoms with van der Waals surface area (Å²) < 4.78 is 0. The fourth-order valence-corrected chi connectivity index (χ4v) is 5.53. The third kappa shape index (κ3) is 2.33. The minimum atomic E-state index is -0.269. The lowest BCUT2D eigenvalue weighted by molar-refractivity contribution is 0.0371. The lowest BCUT2D eigenvalue weighted by Crippen LogP contribution is -2.42. The van der Waals surface area contributed by atoms with Crippen LogP contribution in [0.3, 0.4) is 0 Å². The average molecular weight is 354 g/mol. The first-order valence-electron chi connectivity index (χ1n) is 8.98. The van der Waals surface area contributed by atoms with Gasteiger partial charge in [0.15, 0.2) is 5.78 Å². The van der Waals surface area contributed by atoms with Gasteiger partial charge in [-0.25, -0.2) is 5.06 Å². The lowest BCUT2D eigenvalue weighted by Gasteiger charge is -2.28. The number of anilines is 1. The molecule has 0 radical (unpaired) electrons. The fraction of sp³-hybridized carbons (Fsp3) is 0.381. The third-order valence-electron chi connectivity index (χ3n) is 6.10. The maximum absolute atomic E-state index is 13.4. The Morgan fingerprint density at radius 2 is 1.68 bits per heavy atom. The molecular weight excluding hydrogens is 334 g/mol. The highest BCUT2D eigenvalue weighted by atomic mass is 35.5.